The number of nitrogens with zero attached hydrogens (tertiary/aromatic N) is 4. The molecule has 28 heavy (non-hydrogen) atoms. The van der Waals surface area contributed by atoms with Gasteiger partial charge in [-0.25, -0.2) is 9.67 Å². The number of hydrogen-bond donors (Lipinski definition) is 2. The molecule has 0 saturated carbocycles. The van der Waals surface area contributed by atoms with E-state index in [0.717, 1.165) is 43.5 Å². The van der Waals surface area contributed by atoms with Crippen LogP contribution in [0, 0.1) is 0 Å². The molecule has 3 rings (SSSR count). The average Bonchev–Trinajstić information content (AvgIpc) is 3.10. The van der Waals surface area contributed by atoms with Gasteiger partial charge in [-0.15, -0.1) is 0 Å². The maximum Gasteiger partial charge on any atom is 0.191 e. The van der Waals surface area contributed by atoms with Crippen LogP contribution >= 0.6 is 0 Å². The highest BCUT2D eigenvalue weighted by atomic mass is 16.5. The summed E-state index contributed by atoms with van der Waals surface area (Å²) in [5.41, 5.74) is 1.18. The first-order valence-corrected chi connectivity index (χ1v) is 9.86. The summed E-state index contributed by atoms with van der Waals surface area (Å²) in [6.45, 7) is 5.92. The minimum atomic E-state index is 0.271. The molecule has 0 fully saturated rings. The van der Waals surface area contributed by atoms with Crippen LogP contribution in [0.2, 0.25) is 0 Å². The Kier molecular flexibility index (Phi) is 7.81. The first-order valence-electron chi connectivity index (χ1n) is 9.86. The Balaban J connectivity index is 1.46. The second-order valence-electron chi connectivity index (χ2n) is 6.74. The van der Waals surface area contributed by atoms with E-state index >= 15 is 0 Å². The molecular weight excluding hydrogens is 356 g/mol. The Labute approximate surface area is 166 Å². The number of nitrogens with one attached hydrogen (secondary N) is 2. The van der Waals surface area contributed by atoms with Gasteiger partial charge in [0.05, 0.1) is 26.3 Å². The molecule has 0 spiro atoms. The standard InChI is InChI=1S/C20H30N6O2/c1-3-21-20(22-11-12-28-14-16-7-5-4-6-8-16)23-17-9-10-19-24-18(15-27-2)25-26(19)13-17/h4-8,17H,3,9-15H2,1-2H3,(H2,21,22,23). The predicted octanol–water partition coefficient (Wildman–Crippen LogP) is 1.51. The van der Waals surface area contributed by atoms with Gasteiger partial charge in [-0.05, 0) is 18.9 Å². The van der Waals surface area contributed by atoms with E-state index in [1.807, 2.05) is 22.9 Å². The number of hydrogen-bond acceptors (Lipinski definition) is 5. The highest BCUT2D eigenvalue weighted by Gasteiger charge is 2.22. The van der Waals surface area contributed by atoms with E-state index in [1.165, 1.54) is 5.56 Å². The van der Waals surface area contributed by atoms with E-state index in [9.17, 15) is 0 Å². The van der Waals surface area contributed by atoms with Gasteiger partial charge in [-0.3, -0.25) is 4.99 Å². The van der Waals surface area contributed by atoms with Crippen molar-refractivity contribution < 1.29 is 9.47 Å². The fourth-order valence-corrected chi connectivity index (χ4v) is 3.17. The molecular formula is C20H30N6O2. The van der Waals surface area contributed by atoms with Crippen LogP contribution in [0.5, 0.6) is 0 Å². The SMILES string of the molecule is CCNC(=NCCOCc1ccccc1)NC1CCc2nc(COC)nn2C1. The third-order valence-electron chi connectivity index (χ3n) is 4.48. The summed E-state index contributed by atoms with van der Waals surface area (Å²) in [7, 11) is 1.66. The fourth-order valence-electron chi connectivity index (χ4n) is 3.17. The van der Waals surface area contributed by atoms with Crippen LogP contribution in [0.25, 0.3) is 0 Å². The Morgan fingerprint density at radius 1 is 1.29 bits per heavy atom. The van der Waals surface area contributed by atoms with E-state index in [4.69, 9.17) is 9.47 Å². The van der Waals surface area contributed by atoms with E-state index < -0.39 is 0 Å². The Bertz CT molecular complexity index is 746. The monoisotopic (exact) mass is 386 g/mol. The first kappa shape index (κ1) is 20.3. The number of methoxy groups -OCH3 is 1. The van der Waals surface area contributed by atoms with Crippen LogP contribution in [0.3, 0.4) is 0 Å². The van der Waals surface area contributed by atoms with Crippen LogP contribution in [0.4, 0.5) is 0 Å². The summed E-state index contributed by atoms with van der Waals surface area (Å²) in [6, 6.07) is 10.4. The van der Waals surface area contributed by atoms with Gasteiger partial charge in [-0.1, -0.05) is 30.3 Å². The molecule has 1 aromatic heterocycles. The molecule has 1 aliphatic rings. The molecule has 2 heterocycles. The third-order valence-corrected chi connectivity index (χ3v) is 4.48. The molecule has 8 heteroatoms. The number of aromatic nitrogens is 3. The van der Waals surface area contributed by atoms with Crippen molar-refractivity contribution >= 4 is 5.96 Å². The Morgan fingerprint density at radius 3 is 2.93 bits per heavy atom. The zero-order chi connectivity index (χ0) is 19.6. The minimum Gasteiger partial charge on any atom is -0.377 e. The first-order chi connectivity index (χ1) is 13.8. The van der Waals surface area contributed by atoms with Crippen molar-refractivity contribution in [1.82, 2.24) is 25.4 Å². The largest absolute Gasteiger partial charge is 0.377 e. The van der Waals surface area contributed by atoms with Crippen molar-refractivity contribution in [2.24, 2.45) is 4.99 Å². The fraction of sp³-hybridized carbons (Fsp3) is 0.550. The average molecular weight is 387 g/mol. The van der Waals surface area contributed by atoms with Gasteiger partial charge in [-0.2, -0.15) is 5.10 Å². The lowest BCUT2D eigenvalue weighted by atomic mass is 10.1. The van der Waals surface area contributed by atoms with Crippen molar-refractivity contribution in [2.75, 3.05) is 26.8 Å². The van der Waals surface area contributed by atoms with Gasteiger partial charge in [0, 0.05) is 26.1 Å². The summed E-state index contributed by atoms with van der Waals surface area (Å²) in [5, 5.41) is 11.3. The number of ether oxygens (including phenoxy) is 2. The van der Waals surface area contributed by atoms with E-state index in [1.54, 1.807) is 7.11 Å². The molecule has 8 nitrogen and oxygen atoms in total. The smallest absolute Gasteiger partial charge is 0.191 e. The van der Waals surface area contributed by atoms with Crippen LogP contribution in [0.15, 0.2) is 35.3 Å². The Hall–Kier alpha value is -2.45. The molecule has 1 aliphatic heterocycles. The van der Waals surface area contributed by atoms with Crippen molar-refractivity contribution in [3.63, 3.8) is 0 Å². The molecule has 2 aromatic rings. The number of fused-ring (bicyclic) bond motifs is 1. The predicted molar refractivity (Wildman–Crippen MR) is 108 cm³/mol. The molecule has 0 aliphatic carbocycles. The van der Waals surface area contributed by atoms with Gasteiger partial charge in [0.15, 0.2) is 11.8 Å². The quantitative estimate of drug-likeness (QED) is 0.386. The van der Waals surface area contributed by atoms with Crippen molar-refractivity contribution in [2.45, 2.75) is 45.6 Å². The van der Waals surface area contributed by atoms with Crippen LogP contribution in [-0.2, 0) is 35.7 Å². The number of guanidine groups is 1. The minimum absolute atomic E-state index is 0.271. The van der Waals surface area contributed by atoms with Gasteiger partial charge >= 0.3 is 0 Å². The van der Waals surface area contributed by atoms with E-state index in [-0.39, 0.29) is 6.04 Å². The summed E-state index contributed by atoms with van der Waals surface area (Å²) in [4.78, 5) is 9.16. The van der Waals surface area contributed by atoms with E-state index in [2.05, 4.69) is 44.8 Å². The van der Waals surface area contributed by atoms with Gasteiger partial charge in [0.1, 0.15) is 12.4 Å². The van der Waals surface area contributed by atoms with Gasteiger partial charge < -0.3 is 20.1 Å². The van der Waals surface area contributed by atoms with Crippen LogP contribution < -0.4 is 10.6 Å². The maximum absolute atomic E-state index is 5.71. The second kappa shape index (κ2) is 10.8. The molecule has 152 valence electrons. The normalized spacial score (nSPS) is 16.6. The molecule has 1 atom stereocenters. The third kappa shape index (κ3) is 6.03. The highest BCUT2D eigenvalue weighted by molar-refractivity contribution is 5.80. The number of aliphatic imine (C=N–C) groups is 1. The summed E-state index contributed by atoms with van der Waals surface area (Å²) in [6.07, 6.45) is 1.90. The Morgan fingerprint density at radius 2 is 2.14 bits per heavy atom. The summed E-state index contributed by atoms with van der Waals surface area (Å²) < 4.78 is 12.8. The topological polar surface area (TPSA) is 85.6 Å². The molecule has 1 unspecified atom stereocenters. The number of rotatable bonds is 9. The summed E-state index contributed by atoms with van der Waals surface area (Å²) >= 11 is 0. The number of aryl methyl sites for hydroxylation is 1. The molecule has 0 bridgehead atoms. The highest BCUT2D eigenvalue weighted by Crippen LogP contribution is 2.13. The molecule has 1 aromatic carbocycles. The van der Waals surface area contributed by atoms with Crippen molar-refractivity contribution in [3.8, 4) is 0 Å². The van der Waals surface area contributed by atoms with Gasteiger partial charge in [0.2, 0.25) is 0 Å². The number of benzene rings is 1. The summed E-state index contributed by atoms with van der Waals surface area (Å²) in [5.74, 6) is 2.59. The lowest BCUT2D eigenvalue weighted by molar-refractivity contribution is 0.128. The second-order valence-corrected chi connectivity index (χ2v) is 6.74. The molecule has 0 amide bonds. The lowest BCUT2D eigenvalue weighted by Gasteiger charge is -2.25. The zero-order valence-electron chi connectivity index (χ0n) is 16.7. The van der Waals surface area contributed by atoms with Crippen molar-refractivity contribution in [1.29, 1.82) is 0 Å². The van der Waals surface area contributed by atoms with Crippen LogP contribution in [0.1, 0.15) is 30.6 Å². The van der Waals surface area contributed by atoms with Crippen LogP contribution in [-0.4, -0.2) is 53.6 Å². The zero-order valence-corrected chi connectivity index (χ0v) is 16.7. The lowest BCUT2D eigenvalue weighted by Crippen LogP contribution is -2.47. The van der Waals surface area contributed by atoms with Gasteiger partial charge in [0.25, 0.3) is 0 Å². The van der Waals surface area contributed by atoms with Crippen molar-refractivity contribution in [3.05, 3.63) is 47.5 Å². The molecule has 0 saturated heterocycles. The molecule has 0 radical (unpaired) electrons. The maximum atomic E-state index is 5.71. The van der Waals surface area contributed by atoms with E-state index in [0.29, 0.717) is 26.4 Å². The molecule has 2 N–H and O–H groups in total.